The molecule has 0 atom stereocenters. The summed E-state index contributed by atoms with van der Waals surface area (Å²) in [6, 6.07) is 2.06. The first-order valence-electron chi connectivity index (χ1n) is 2.64. The van der Waals surface area contributed by atoms with E-state index in [4.69, 9.17) is 5.26 Å². The van der Waals surface area contributed by atoms with Gasteiger partial charge >= 0.3 is 0 Å². The molecule has 46 valence electrons. The summed E-state index contributed by atoms with van der Waals surface area (Å²) in [4.78, 5) is 3.93. The number of aliphatic imine (C=N–C) groups is 1. The molecule has 0 saturated carbocycles. The van der Waals surface area contributed by atoms with Crippen LogP contribution in [0, 0.1) is 11.3 Å². The van der Waals surface area contributed by atoms with Crippen LogP contribution in [0.15, 0.2) is 16.8 Å². The zero-order chi connectivity index (χ0) is 6.69. The molecule has 0 N–H and O–H groups in total. The highest BCUT2D eigenvalue weighted by Crippen LogP contribution is 2.13. The fraction of sp³-hybridized carbons (Fsp3) is 0.333. The lowest BCUT2D eigenvalue weighted by Gasteiger charge is -2.01. The lowest BCUT2D eigenvalue weighted by molar-refractivity contribution is 1.03. The molecule has 0 spiro atoms. The summed E-state index contributed by atoms with van der Waals surface area (Å²) in [7, 11) is 0. The normalized spacial score (nSPS) is 17.8. The van der Waals surface area contributed by atoms with Gasteiger partial charge in [0, 0.05) is 18.2 Å². The number of hydrogen-bond donors (Lipinski definition) is 0. The lowest BCUT2D eigenvalue weighted by Crippen LogP contribution is -1.93. The van der Waals surface area contributed by atoms with Gasteiger partial charge in [-0.2, -0.15) is 5.26 Å². The summed E-state index contributed by atoms with van der Waals surface area (Å²) in [5.41, 5.74) is 0.762. The first kappa shape index (κ1) is 6.50. The van der Waals surface area contributed by atoms with Crippen LogP contribution in [0.25, 0.3) is 0 Å². The molecule has 1 aliphatic rings. The Kier molecular flexibility index (Phi) is 2.01. The molecule has 1 heterocycles. The molecule has 0 amide bonds. The van der Waals surface area contributed by atoms with E-state index in [2.05, 4.69) is 27.0 Å². The van der Waals surface area contributed by atoms with Gasteiger partial charge in [-0.25, -0.2) is 0 Å². The van der Waals surface area contributed by atoms with E-state index in [1.54, 1.807) is 6.20 Å². The number of halogens is 1. The second-order valence-corrected chi connectivity index (χ2v) is 2.69. The van der Waals surface area contributed by atoms with Crippen molar-refractivity contribution in [3.05, 3.63) is 11.8 Å². The number of hydrogen-bond acceptors (Lipinski definition) is 2. The summed E-state index contributed by atoms with van der Waals surface area (Å²) in [5.74, 6) is 0. The number of allylic oxidation sites excluding steroid dienone is 1. The van der Waals surface area contributed by atoms with Gasteiger partial charge in [-0.15, -0.1) is 0 Å². The third kappa shape index (κ3) is 1.65. The van der Waals surface area contributed by atoms with Crippen molar-refractivity contribution < 1.29 is 0 Å². The predicted octanol–water partition coefficient (Wildman–Crippen LogP) is 1.98. The van der Waals surface area contributed by atoms with Gasteiger partial charge in [-0.1, -0.05) is 0 Å². The van der Waals surface area contributed by atoms with Crippen molar-refractivity contribution in [2.75, 3.05) is 0 Å². The topological polar surface area (TPSA) is 36.1 Å². The Labute approximate surface area is 62.0 Å². The van der Waals surface area contributed by atoms with Crippen molar-refractivity contribution in [1.29, 1.82) is 5.26 Å². The Morgan fingerprint density at radius 1 is 1.67 bits per heavy atom. The predicted molar refractivity (Wildman–Crippen MR) is 39.3 cm³/mol. The standard InChI is InChI=1S/C6H5BrN2/c7-6-2-1-5(3-8)4-9-6/h4H,1-2H2. The van der Waals surface area contributed by atoms with Crippen molar-refractivity contribution in [3.8, 4) is 6.07 Å². The van der Waals surface area contributed by atoms with Crippen LogP contribution in [0.4, 0.5) is 0 Å². The lowest BCUT2D eigenvalue weighted by atomic mass is 10.1. The quantitative estimate of drug-likeness (QED) is 0.568. The second-order valence-electron chi connectivity index (χ2n) is 1.77. The molecular formula is C6H5BrN2. The Balaban J connectivity index is 2.73. The molecule has 2 nitrogen and oxygen atoms in total. The molecule has 0 unspecified atom stereocenters. The minimum absolute atomic E-state index is 0.762. The highest BCUT2D eigenvalue weighted by atomic mass is 79.9. The van der Waals surface area contributed by atoms with Crippen molar-refractivity contribution in [3.63, 3.8) is 0 Å². The van der Waals surface area contributed by atoms with Crippen molar-refractivity contribution in [2.24, 2.45) is 4.99 Å². The molecule has 9 heavy (non-hydrogen) atoms. The maximum Gasteiger partial charge on any atom is 0.0963 e. The summed E-state index contributed by atoms with van der Waals surface area (Å²) in [5, 5.41) is 8.37. The zero-order valence-electron chi connectivity index (χ0n) is 4.76. The molecule has 0 aromatic rings. The zero-order valence-corrected chi connectivity index (χ0v) is 6.35. The summed E-state index contributed by atoms with van der Waals surface area (Å²) in [6.45, 7) is 0. The highest BCUT2D eigenvalue weighted by Gasteiger charge is 2.02. The molecule has 0 bridgehead atoms. The van der Waals surface area contributed by atoms with Crippen molar-refractivity contribution in [1.82, 2.24) is 0 Å². The average Bonchev–Trinajstić information content (AvgIpc) is 1.90. The van der Waals surface area contributed by atoms with Crippen molar-refractivity contribution >= 4 is 20.6 Å². The molecule has 0 aliphatic carbocycles. The highest BCUT2D eigenvalue weighted by molar-refractivity contribution is 9.18. The third-order valence-electron chi connectivity index (χ3n) is 1.10. The SMILES string of the molecule is N#CC1=CN=C(Br)CC1. The van der Waals surface area contributed by atoms with Crippen LogP contribution in [-0.4, -0.2) is 4.62 Å². The first-order chi connectivity index (χ1) is 4.33. The maximum atomic E-state index is 8.37. The van der Waals surface area contributed by atoms with Gasteiger partial charge in [-0.05, 0) is 22.4 Å². The fourth-order valence-electron chi connectivity index (χ4n) is 0.600. The molecule has 0 radical (unpaired) electrons. The maximum absolute atomic E-state index is 8.37. The van der Waals surface area contributed by atoms with E-state index in [1.807, 2.05) is 0 Å². The van der Waals surface area contributed by atoms with E-state index >= 15 is 0 Å². The number of rotatable bonds is 0. The molecule has 0 saturated heterocycles. The van der Waals surface area contributed by atoms with E-state index in [0.29, 0.717) is 0 Å². The van der Waals surface area contributed by atoms with Gasteiger partial charge in [0.2, 0.25) is 0 Å². The van der Waals surface area contributed by atoms with Crippen LogP contribution in [0.3, 0.4) is 0 Å². The number of nitrogens with zero attached hydrogens (tertiary/aromatic N) is 2. The van der Waals surface area contributed by atoms with Gasteiger partial charge in [0.15, 0.2) is 0 Å². The Hall–Kier alpha value is -0.620. The summed E-state index contributed by atoms with van der Waals surface area (Å²) >= 11 is 3.24. The molecule has 1 aliphatic heterocycles. The average molecular weight is 185 g/mol. The smallest absolute Gasteiger partial charge is 0.0963 e. The minimum atomic E-state index is 0.762. The van der Waals surface area contributed by atoms with Crippen LogP contribution < -0.4 is 0 Å². The van der Waals surface area contributed by atoms with E-state index in [-0.39, 0.29) is 0 Å². The Bertz CT molecular complexity index is 210. The largest absolute Gasteiger partial charge is 0.253 e. The Morgan fingerprint density at radius 3 is 2.89 bits per heavy atom. The molecule has 0 aromatic carbocycles. The first-order valence-corrected chi connectivity index (χ1v) is 3.43. The molecule has 0 aromatic heterocycles. The van der Waals surface area contributed by atoms with Crippen LogP contribution >= 0.6 is 15.9 Å². The minimum Gasteiger partial charge on any atom is -0.253 e. The summed E-state index contributed by atoms with van der Waals surface area (Å²) in [6.07, 6.45) is 3.29. The van der Waals surface area contributed by atoms with Crippen LogP contribution in [-0.2, 0) is 0 Å². The summed E-state index contributed by atoms with van der Waals surface area (Å²) < 4.78 is 0.932. The van der Waals surface area contributed by atoms with Gasteiger partial charge in [-0.3, -0.25) is 4.99 Å². The fourth-order valence-corrected chi connectivity index (χ4v) is 0.900. The van der Waals surface area contributed by atoms with Crippen LogP contribution in [0.5, 0.6) is 0 Å². The van der Waals surface area contributed by atoms with Crippen molar-refractivity contribution in [2.45, 2.75) is 12.8 Å². The van der Waals surface area contributed by atoms with Crippen LogP contribution in [0.2, 0.25) is 0 Å². The van der Waals surface area contributed by atoms with Gasteiger partial charge in [0.05, 0.1) is 10.7 Å². The van der Waals surface area contributed by atoms with Gasteiger partial charge in [0.25, 0.3) is 0 Å². The number of nitriles is 1. The van der Waals surface area contributed by atoms with E-state index < -0.39 is 0 Å². The molecule has 0 fully saturated rings. The van der Waals surface area contributed by atoms with Crippen LogP contribution in [0.1, 0.15) is 12.8 Å². The van der Waals surface area contributed by atoms with E-state index in [1.165, 1.54) is 0 Å². The Morgan fingerprint density at radius 2 is 2.44 bits per heavy atom. The van der Waals surface area contributed by atoms with Gasteiger partial charge < -0.3 is 0 Å². The second kappa shape index (κ2) is 2.79. The molecule has 1 rings (SSSR count). The molecule has 3 heteroatoms. The molecular weight excluding hydrogens is 180 g/mol. The van der Waals surface area contributed by atoms with E-state index in [0.717, 1.165) is 23.0 Å². The van der Waals surface area contributed by atoms with E-state index in [9.17, 15) is 0 Å². The third-order valence-corrected chi connectivity index (χ3v) is 1.71. The monoisotopic (exact) mass is 184 g/mol. The van der Waals surface area contributed by atoms with Gasteiger partial charge in [0.1, 0.15) is 0 Å².